The highest BCUT2D eigenvalue weighted by atomic mass is 16.7. The summed E-state index contributed by atoms with van der Waals surface area (Å²) in [4.78, 5) is 42.1. The van der Waals surface area contributed by atoms with Crippen molar-refractivity contribution >= 4 is 17.7 Å². The number of ether oxygens (including phenoxy) is 4. The van der Waals surface area contributed by atoms with Gasteiger partial charge in [0.2, 0.25) is 0 Å². The number of Topliss-reactive ketones (excluding diaryl/α,β-unsaturated/α-hetero) is 1. The van der Waals surface area contributed by atoms with Crippen LogP contribution in [0.3, 0.4) is 0 Å². The lowest BCUT2D eigenvalue weighted by atomic mass is 9.36. The first-order chi connectivity index (χ1) is 26.4. The van der Waals surface area contributed by atoms with Gasteiger partial charge in [0.05, 0.1) is 30.3 Å². The molecule has 55 heavy (non-hydrogen) atoms. The van der Waals surface area contributed by atoms with Crippen molar-refractivity contribution in [3.8, 4) is 0 Å². The number of ketones is 1. The van der Waals surface area contributed by atoms with E-state index in [1.165, 1.54) is 44.9 Å². The number of epoxide rings is 1. The van der Waals surface area contributed by atoms with E-state index in [0.717, 1.165) is 56.6 Å². The van der Waals surface area contributed by atoms with Crippen molar-refractivity contribution in [2.24, 2.45) is 39.9 Å². The summed E-state index contributed by atoms with van der Waals surface area (Å²) in [7, 11) is 0. The second-order valence-electron chi connectivity index (χ2n) is 19.7. The molecule has 5 aliphatic heterocycles. The first-order valence-corrected chi connectivity index (χ1v) is 21.8. The fourth-order valence-corrected chi connectivity index (χ4v) is 14.1. The molecule has 5 saturated heterocycles. The number of aryl methyl sites for hydroxylation is 1. The molecule has 0 bridgehead atoms. The monoisotopic (exact) mass is 764 g/mol. The molecule has 3 aliphatic carbocycles. The maximum absolute atomic E-state index is 15.1. The Hall–Kier alpha value is -2.31. The quantitative estimate of drug-likeness (QED) is 0.129. The van der Waals surface area contributed by atoms with Gasteiger partial charge in [0.1, 0.15) is 30.2 Å². The van der Waals surface area contributed by atoms with Crippen molar-refractivity contribution in [2.75, 3.05) is 19.8 Å². The molecule has 1 aromatic rings. The minimum absolute atomic E-state index is 0.0684. The van der Waals surface area contributed by atoms with Crippen LogP contribution >= 0.6 is 0 Å². The zero-order chi connectivity index (χ0) is 38.4. The second kappa shape index (κ2) is 13.9. The van der Waals surface area contributed by atoms with Crippen LogP contribution in [-0.4, -0.2) is 78.2 Å². The molecule has 13 atom stereocenters. The number of hydrogen-bond donors (Lipinski definition) is 3. The maximum atomic E-state index is 15.1. The van der Waals surface area contributed by atoms with Gasteiger partial charge in [-0.25, -0.2) is 4.79 Å². The Bertz CT molecular complexity index is 1650. The van der Waals surface area contributed by atoms with Crippen LogP contribution in [0.5, 0.6) is 0 Å². The second-order valence-corrected chi connectivity index (χ2v) is 19.7. The van der Waals surface area contributed by atoms with Gasteiger partial charge in [-0.2, -0.15) is 0 Å². The molecule has 304 valence electrons. The van der Waals surface area contributed by atoms with Crippen LogP contribution in [-0.2, 0) is 39.8 Å². The number of fused-ring (bicyclic) bond motifs is 1. The van der Waals surface area contributed by atoms with Gasteiger partial charge in [-0.3, -0.25) is 9.59 Å². The molecule has 3 N–H and O–H groups in total. The molecule has 11 nitrogen and oxygen atoms in total. The molecule has 0 amide bonds. The van der Waals surface area contributed by atoms with Crippen LogP contribution in [0, 0.1) is 39.9 Å². The number of carbonyl (C=O) groups is 3. The summed E-state index contributed by atoms with van der Waals surface area (Å²) >= 11 is 0. The van der Waals surface area contributed by atoms with Gasteiger partial charge >= 0.3 is 11.9 Å². The molecular weight excluding hydrogens is 700 g/mol. The number of cyclic esters (lactones) is 2. The predicted octanol–water partition coefficient (Wildman–Crippen LogP) is 6.10. The predicted molar refractivity (Wildman–Crippen MR) is 201 cm³/mol. The van der Waals surface area contributed by atoms with Crippen LogP contribution < -0.4 is 10.6 Å². The van der Waals surface area contributed by atoms with Crippen molar-refractivity contribution in [1.29, 1.82) is 0 Å². The Morgan fingerprint density at radius 3 is 2.56 bits per heavy atom. The summed E-state index contributed by atoms with van der Waals surface area (Å²) in [5.41, 5.74) is -3.90. The van der Waals surface area contributed by atoms with E-state index in [1.807, 2.05) is 19.9 Å². The molecule has 9 rings (SSSR count). The topological polar surface area (TPSA) is 149 Å². The number of nitrogens with one attached hydrogen (secondary N) is 2. The van der Waals surface area contributed by atoms with Crippen molar-refractivity contribution < 1.29 is 42.9 Å². The number of carbonyl (C=O) groups excluding carboxylic acids is 3. The SMILES string of the molecule is C[C@H](CC[C@]1(C)O[C@H]2CC(=O)OC[C@]23[C@H]2CC[C@@]4(C)[C@H](c5ccoc5CCCCCC[C@H]5CNCN5)OC(=O)[C@H]5O[C@]54[C@]2(C)[C@H](O)C(=O)[C@@H]31)C1CCCCC1. The Kier molecular flexibility index (Phi) is 9.67. The first kappa shape index (κ1) is 38.2. The number of aliphatic hydroxyl groups is 1. The van der Waals surface area contributed by atoms with E-state index in [2.05, 4.69) is 24.5 Å². The third-order valence-electron chi connectivity index (χ3n) is 17.0. The standard InChI is InChI=1S/C44H64N2O9/c1-26(27-12-8-7-9-13-27)16-20-41(3)35-34(48)36(49)42(4)31(43(35)24-52-33(47)22-32(43)54-41)17-19-40(2)37(53-39(50)38-44(40,42)55-38)29-18-21-51-30(29)15-11-6-5-10-14-28-23-45-25-46-28/h18,21,26-28,31-32,35-38,45-46,49H,5-17,19-20,22-25H2,1-4H3/t26-,28+,31+,32+,35-,36-,37+,38-,40+,41+,42+,43+,44-/m1/s1. The first-order valence-electron chi connectivity index (χ1n) is 21.8. The highest BCUT2D eigenvalue weighted by Crippen LogP contribution is 2.80. The van der Waals surface area contributed by atoms with E-state index in [0.29, 0.717) is 37.1 Å². The summed E-state index contributed by atoms with van der Waals surface area (Å²) in [6, 6.07) is 2.49. The van der Waals surface area contributed by atoms with E-state index < -0.39 is 63.8 Å². The molecule has 11 heteroatoms. The smallest absolute Gasteiger partial charge is 0.339 e. The summed E-state index contributed by atoms with van der Waals surface area (Å²) in [5.74, 6) is 0.0229. The number of esters is 2. The minimum atomic E-state index is -1.39. The number of rotatable bonds is 12. The van der Waals surface area contributed by atoms with Crippen LogP contribution in [0.1, 0.15) is 141 Å². The lowest BCUT2D eigenvalue weighted by molar-refractivity contribution is -0.252. The third-order valence-corrected chi connectivity index (χ3v) is 17.0. The van der Waals surface area contributed by atoms with Gasteiger partial charge in [0, 0.05) is 47.5 Å². The van der Waals surface area contributed by atoms with E-state index in [4.69, 9.17) is 23.4 Å². The molecule has 8 fully saturated rings. The van der Waals surface area contributed by atoms with E-state index in [1.54, 1.807) is 6.26 Å². The molecular formula is C44H64N2O9. The fraction of sp³-hybridized carbons (Fsp3) is 0.841. The highest BCUT2D eigenvalue weighted by molar-refractivity contribution is 5.92. The Labute approximate surface area is 326 Å². The highest BCUT2D eigenvalue weighted by Gasteiger charge is 2.91. The molecule has 3 saturated carbocycles. The van der Waals surface area contributed by atoms with Gasteiger partial charge in [0.25, 0.3) is 0 Å². The normalized spacial score (nSPS) is 45.5. The van der Waals surface area contributed by atoms with Crippen LogP contribution in [0.25, 0.3) is 0 Å². The number of unbranched alkanes of at least 4 members (excludes halogenated alkanes) is 3. The number of hydrogen-bond acceptors (Lipinski definition) is 11. The zero-order valence-corrected chi connectivity index (χ0v) is 33.5. The van der Waals surface area contributed by atoms with Gasteiger partial charge in [0.15, 0.2) is 11.9 Å². The summed E-state index contributed by atoms with van der Waals surface area (Å²) in [5, 5.41) is 19.5. The van der Waals surface area contributed by atoms with Gasteiger partial charge in [-0.05, 0) is 69.3 Å². The largest absolute Gasteiger partial charge is 0.469 e. The van der Waals surface area contributed by atoms with Crippen molar-refractivity contribution in [1.82, 2.24) is 10.6 Å². The summed E-state index contributed by atoms with van der Waals surface area (Å²) in [6.07, 6.45) is 13.8. The van der Waals surface area contributed by atoms with Crippen LogP contribution in [0.15, 0.2) is 16.7 Å². The molecule has 2 spiro atoms. The lowest BCUT2D eigenvalue weighted by Gasteiger charge is -2.66. The van der Waals surface area contributed by atoms with Crippen LogP contribution in [0.4, 0.5) is 0 Å². The van der Waals surface area contributed by atoms with E-state index in [9.17, 15) is 14.7 Å². The van der Waals surface area contributed by atoms with Gasteiger partial charge in [-0.1, -0.05) is 72.1 Å². The van der Waals surface area contributed by atoms with Crippen molar-refractivity contribution in [2.45, 2.75) is 172 Å². The molecule has 8 aliphatic rings. The zero-order valence-electron chi connectivity index (χ0n) is 33.5. The lowest BCUT2D eigenvalue weighted by Crippen LogP contribution is -2.76. The Balaban J connectivity index is 0.994. The van der Waals surface area contributed by atoms with E-state index in [-0.39, 0.29) is 30.7 Å². The Morgan fingerprint density at radius 1 is 0.982 bits per heavy atom. The number of furan rings is 1. The van der Waals surface area contributed by atoms with Gasteiger partial charge in [-0.15, -0.1) is 0 Å². The fourth-order valence-electron chi connectivity index (χ4n) is 14.1. The summed E-state index contributed by atoms with van der Waals surface area (Å²) in [6.45, 7) is 10.5. The average molecular weight is 765 g/mol. The minimum Gasteiger partial charge on any atom is -0.469 e. The average Bonchev–Trinajstić information content (AvgIpc) is 3.41. The van der Waals surface area contributed by atoms with Crippen molar-refractivity contribution in [3.05, 3.63) is 23.7 Å². The number of aliphatic hydroxyl groups excluding tert-OH is 1. The third kappa shape index (κ3) is 5.55. The summed E-state index contributed by atoms with van der Waals surface area (Å²) < 4.78 is 32.1. The maximum Gasteiger partial charge on any atom is 0.339 e. The molecule has 0 aromatic carbocycles. The van der Waals surface area contributed by atoms with Crippen molar-refractivity contribution in [3.63, 3.8) is 0 Å². The Morgan fingerprint density at radius 2 is 1.78 bits per heavy atom. The molecule has 6 heterocycles. The molecule has 1 aromatic heterocycles. The molecule has 0 unspecified atom stereocenters. The van der Waals surface area contributed by atoms with Gasteiger partial charge < -0.3 is 39.1 Å². The van der Waals surface area contributed by atoms with Crippen LogP contribution in [0.2, 0.25) is 0 Å². The van der Waals surface area contributed by atoms with E-state index >= 15 is 4.79 Å². The molecule has 0 radical (unpaired) electrons.